The quantitative estimate of drug-likeness (QED) is 0.471. The van der Waals surface area contributed by atoms with Gasteiger partial charge in [-0.2, -0.15) is 4.57 Å². The molecule has 1 heterocycles. The number of rotatable bonds is 3. The molecule has 12 heavy (non-hydrogen) atoms. The van der Waals surface area contributed by atoms with E-state index in [2.05, 4.69) is 0 Å². The number of aliphatic hydroxyl groups excluding tert-OH is 1. The zero-order valence-electron chi connectivity index (χ0n) is 7.03. The van der Waals surface area contributed by atoms with Crippen LogP contribution in [0.1, 0.15) is 5.69 Å². The van der Waals surface area contributed by atoms with Gasteiger partial charge in [-0.05, 0) is 0 Å². The minimum Gasteiger partial charge on any atom is -1.00 e. The highest BCUT2D eigenvalue weighted by molar-refractivity contribution is 7.07. The molecule has 0 aliphatic rings. The van der Waals surface area contributed by atoms with Crippen molar-refractivity contribution in [3.8, 4) is 0 Å². The molecule has 0 aliphatic carbocycles. The van der Waals surface area contributed by atoms with Gasteiger partial charge in [-0.1, -0.05) is 11.3 Å². The maximum Gasteiger partial charge on any atom is 0.225 e. The fraction of sp³-hybridized carbons (Fsp3) is 0.571. The van der Waals surface area contributed by atoms with Crippen molar-refractivity contribution in [3.05, 3.63) is 16.6 Å². The highest BCUT2D eigenvalue weighted by atomic mass is 79.9. The van der Waals surface area contributed by atoms with Crippen LogP contribution in [0.15, 0.2) is 10.9 Å². The number of methoxy groups -OCH3 is 1. The summed E-state index contributed by atoms with van der Waals surface area (Å²) in [6.07, 6.45) is -0.701. The van der Waals surface area contributed by atoms with Gasteiger partial charge in [0, 0.05) is 14.0 Å². The third-order valence-electron chi connectivity index (χ3n) is 1.50. The molecule has 1 atom stereocenters. The SMILES string of the molecule is COC(O)C[n+]1cscc1C.[Br-]. The van der Waals surface area contributed by atoms with Crippen LogP contribution < -0.4 is 21.5 Å². The third kappa shape index (κ3) is 3.18. The maximum atomic E-state index is 9.12. The molecule has 0 saturated carbocycles. The molecular weight excluding hydrogens is 242 g/mol. The molecule has 1 aromatic heterocycles. The Morgan fingerprint density at radius 2 is 2.42 bits per heavy atom. The van der Waals surface area contributed by atoms with Crippen LogP contribution in [-0.4, -0.2) is 18.5 Å². The van der Waals surface area contributed by atoms with Crippen molar-refractivity contribution in [1.82, 2.24) is 0 Å². The van der Waals surface area contributed by atoms with Gasteiger partial charge in [0.25, 0.3) is 0 Å². The second kappa shape index (κ2) is 5.64. The van der Waals surface area contributed by atoms with Gasteiger partial charge < -0.3 is 26.8 Å². The molecule has 0 amide bonds. The van der Waals surface area contributed by atoms with E-state index in [-0.39, 0.29) is 17.0 Å². The molecule has 1 aromatic rings. The first-order valence-electron chi connectivity index (χ1n) is 3.37. The van der Waals surface area contributed by atoms with Crippen LogP contribution in [0.2, 0.25) is 0 Å². The molecule has 1 unspecified atom stereocenters. The molecule has 0 fully saturated rings. The molecule has 0 radical (unpaired) electrons. The summed E-state index contributed by atoms with van der Waals surface area (Å²) in [5.41, 5.74) is 3.10. The zero-order chi connectivity index (χ0) is 8.27. The summed E-state index contributed by atoms with van der Waals surface area (Å²) in [6.45, 7) is 2.50. The number of hydrogen-bond acceptors (Lipinski definition) is 3. The number of halogens is 1. The Morgan fingerprint density at radius 1 is 1.75 bits per heavy atom. The standard InChI is InChI=1S/C7H12NO2S.BrH/c1-6-4-11-5-8(6)3-7(9)10-2;/h4-5,7,9H,3H2,1-2H3;1H/q+1;/p-1. The lowest BCUT2D eigenvalue weighted by Gasteiger charge is -2.02. The summed E-state index contributed by atoms with van der Waals surface area (Å²) in [5, 5.41) is 11.1. The zero-order valence-corrected chi connectivity index (χ0v) is 9.43. The molecule has 5 heteroatoms. The molecule has 70 valence electrons. The van der Waals surface area contributed by atoms with E-state index in [4.69, 9.17) is 9.84 Å². The molecule has 1 N–H and O–H groups in total. The van der Waals surface area contributed by atoms with Crippen LogP contribution in [0.4, 0.5) is 0 Å². The van der Waals surface area contributed by atoms with Crippen molar-refractivity contribution >= 4 is 11.3 Å². The van der Waals surface area contributed by atoms with Crippen LogP contribution in [0, 0.1) is 6.92 Å². The molecule has 0 spiro atoms. The third-order valence-corrected chi connectivity index (χ3v) is 2.36. The number of nitrogens with zero attached hydrogens (tertiary/aromatic N) is 1. The molecular formula is C7H12BrNO2S. The lowest BCUT2D eigenvalue weighted by Crippen LogP contribution is -3.00. The monoisotopic (exact) mass is 253 g/mol. The predicted octanol–water partition coefficient (Wildman–Crippen LogP) is -2.69. The summed E-state index contributed by atoms with van der Waals surface area (Å²) in [6, 6.07) is 0. The number of aromatic nitrogens is 1. The van der Waals surface area contributed by atoms with Gasteiger partial charge in [-0.15, -0.1) is 0 Å². The molecule has 0 aromatic carbocycles. The van der Waals surface area contributed by atoms with Crippen molar-refractivity contribution in [2.24, 2.45) is 0 Å². The first-order chi connectivity index (χ1) is 5.24. The van der Waals surface area contributed by atoms with Crippen molar-refractivity contribution < 1.29 is 31.4 Å². The normalized spacial score (nSPS) is 12.2. The average molecular weight is 254 g/mol. The number of ether oxygens (including phenoxy) is 1. The van der Waals surface area contributed by atoms with Crippen LogP contribution in [-0.2, 0) is 11.3 Å². The van der Waals surface area contributed by atoms with Gasteiger partial charge in [-0.25, -0.2) is 0 Å². The van der Waals surface area contributed by atoms with Gasteiger partial charge in [0.1, 0.15) is 0 Å². The first-order valence-corrected chi connectivity index (χ1v) is 4.31. The van der Waals surface area contributed by atoms with Crippen molar-refractivity contribution in [1.29, 1.82) is 0 Å². The Bertz CT molecular complexity index is 229. The van der Waals surface area contributed by atoms with Crippen LogP contribution >= 0.6 is 11.3 Å². The van der Waals surface area contributed by atoms with Gasteiger partial charge in [0.05, 0.1) is 5.38 Å². The highest BCUT2D eigenvalue weighted by Crippen LogP contribution is 1.97. The maximum absolute atomic E-state index is 9.12. The second-order valence-electron chi connectivity index (χ2n) is 2.34. The fourth-order valence-corrected chi connectivity index (χ4v) is 1.58. The van der Waals surface area contributed by atoms with E-state index in [1.54, 1.807) is 11.3 Å². The minimum atomic E-state index is -0.701. The summed E-state index contributed by atoms with van der Waals surface area (Å²) in [4.78, 5) is 0. The van der Waals surface area contributed by atoms with Crippen LogP contribution in [0.25, 0.3) is 0 Å². The van der Waals surface area contributed by atoms with Crippen molar-refractivity contribution in [3.63, 3.8) is 0 Å². The predicted molar refractivity (Wildman–Crippen MR) is 42.3 cm³/mol. The molecule has 0 aliphatic heterocycles. The van der Waals surface area contributed by atoms with Crippen LogP contribution in [0.5, 0.6) is 0 Å². The van der Waals surface area contributed by atoms with Crippen molar-refractivity contribution in [2.75, 3.05) is 7.11 Å². The smallest absolute Gasteiger partial charge is 0.225 e. The minimum absolute atomic E-state index is 0. The molecule has 0 saturated heterocycles. The Hall–Kier alpha value is 0.0300. The largest absolute Gasteiger partial charge is 1.00 e. The van der Waals surface area contributed by atoms with Gasteiger partial charge in [0.2, 0.25) is 11.8 Å². The van der Waals surface area contributed by atoms with E-state index in [1.807, 2.05) is 22.4 Å². The highest BCUT2D eigenvalue weighted by Gasteiger charge is 2.12. The lowest BCUT2D eigenvalue weighted by atomic mass is 10.5. The second-order valence-corrected chi connectivity index (χ2v) is 3.06. The van der Waals surface area contributed by atoms with Crippen LogP contribution in [0.3, 0.4) is 0 Å². The Labute approximate surface area is 86.4 Å². The number of aryl methyl sites for hydroxylation is 1. The molecule has 3 nitrogen and oxygen atoms in total. The summed E-state index contributed by atoms with van der Waals surface area (Å²) in [7, 11) is 1.49. The fourth-order valence-electron chi connectivity index (χ4n) is 0.783. The Balaban J connectivity index is 0.00000121. The van der Waals surface area contributed by atoms with E-state index >= 15 is 0 Å². The lowest BCUT2D eigenvalue weighted by molar-refractivity contribution is -0.711. The summed E-state index contributed by atoms with van der Waals surface area (Å²) >= 11 is 1.61. The topological polar surface area (TPSA) is 33.3 Å². The molecule has 0 bridgehead atoms. The Morgan fingerprint density at radius 3 is 2.83 bits per heavy atom. The van der Waals surface area contributed by atoms with Gasteiger partial charge in [0.15, 0.2) is 12.2 Å². The van der Waals surface area contributed by atoms with Crippen molar-refractivity contribution in [2.45, 2.75) is 19.8 Å². The number of aliphatic hydroxyl groups is 1. The Kier molecular flexibility index (Phi) is 5.65. The van der Waals surface area contributed by atoms with E-state index in [9.17, 15) is 0 Å². The summed E-state index contributed by atoms with van der Waals surface area (Å²) < 4.78 is 6.68. The summed E-state index contributed by atoms with van der Waals surface area (Å²) in [5.74, 6) is 0. The number of thiazole rings is 1. The molecule has 1 rings (SSSR count). The van der Waals surface area contributed by atoms with E-state index in [0.717, 1.165) is 5.69 Å². The van der Waals surface area contributed by atoms with E-state index in [1.165, 1.54) is 7.11 Å². The number of hydrogen-bond donors (Lipinski definition) is 1. The van der Waals surface area contributed by atoms with E-state index < -0.39 is 6.29 Å². The first kappa shape index (κ1) is 12.0. The van der Waals surface area contributed by atoms with E-state index in [0.29, 0.717) is 6.54 Å². The van der Waals surface area contributed by atoms with Gasteiger partial charge in [-0.3, -0.25) is 0 Å². The van der Waals surface area contributed by atoms with Gasteiger partial charge >= 0.3 is 0 Å². The average Bonchev–Trinajstić information content (AvgIpc) is 2.37.